The summed E-state index contributed by atoms with van der Waals surface area (Å²) in [5, 5.41) is 9.63. The summed E-state index contributed by atoms with van der Waals surface area (Å²) < 4.78 is 59.0. The Kier molecular flexibility index (Phi) is 6.76. The van der Waals surface area contributed by atoms with E-state index in [1.54, 1.807) is 20.8 Å². The Balaban J connectivity index is 2.37. The maximum atomic E-state index is 15.4. The van der Waals surface area contributed by atoms with Gasteiger partial charge in [0.1, 0.15) is 11.4 Å². The third-order valence-electron chi connectivity index (χ3n) is 4.87. The lowest BCUT2D eigenvalue weighted by Crippen LogP contribution is -2.38. The normalized spacial score (nSPS) is 12.1. The molecule has 0 aliphatic heterocycles. The van der Waals surface area contributed by atoms with Gasteiger partial charge < -0.3 is 10.0 Å². The van der Waals surface area contributed by atoms with Crippen molar-refractivity contribution in [1.29, 1.82) is 0 Å². The second-order valence-electron chi connectivity index (χ2n) is 9.31. The van der Waals surface area contributed by atoms with Crippen molar-refractivity contribution in [1.82, 2.24) is 9.55 Å². The summed E-state index contributed by atoms with van der Waals surface area (Å²) in [5.41, 5.74) is -3.37. The standard InChI is InChI=1S/C25H25F4N3O2/c1-24(2,3)32-17-10-7-9-16(26)20(17)22(30-23(32)33)31(14-19(27)28)18-11-6-8-15(21(18)29)12-13-25(4,5)34/h6-11,19,34H,14H2,1-5H3. The molecule has 0 bridgehead atoms. The number of fused-ring (bicyclic) bond motifs is 1. The van der Waals surface area contributed by atoms with Crippen molar-refractivity contribution < 1.29 is 22.7 Å². The molecule has 0 saturated carbocycles. The zero-order valence-electron chi connectivity index (χ0n) is 19.5. The van der Waals surface area contributed by atoms with Crippen LogP contribution in [0.15, 0.2) is 41.2 Å². The molecular formula is C25H25F4N3O2. The Hall–Kier alpha value is -3.38. The number of aromatic nitrogens is 2. The van der Waals surface area contributed by atoms with Crippen molar-refractivity contribution in [2.45, 2.75) is 52.2 Å². The molecule has 2 aromatic carbocycles. The summed E-state index contributed by atoms with van der Waals surface area (Å²) in [7, 11) is 0. The first-order valence-corrected chi connectivity index (χ1v) is 10.5. The number of hydrogen-bond donors (Lipinski definition) is 1. The SMILES string of the molecule is CC(C)(O)C#Cc1cccc(N(CC(F)F)c2nc(=O)n(C(C)(C)C)c3cccc(F)c23)c1F. The van der Waals surface area contributed by atoms with Gasteiger partial charge in [-0.25, -0.2) is 22.4 Å². The van der Waals surface area contributed by atoms with E-state index in [0.29, 0.717) is 0 Å². The largest absolute Gasteiger partial charge is 0.378 e. The van der Waals surface area contributed by atoms with Crippen LogP contribution in [0.4, 0.5) is 29.1 Å². The predicted octanol–water partition coefficient (Wildman–Crippen LogP) is 4.96. The molecular weight excluding hydrogens is 450 g/mol. The van der Waals surface area contributed by atoms with E-state index < -0.39 is 47.3 Å². The second-order valence-corrected chi connectivity index (χ2v) is 9.31. The fourth-order valence-corrected chi connectivity index (χ4v) is 3.55. The number of aliphatic hydroxyl groups is 1. The summed E-state index contributed by atoms with van der Waals surface area (Å²) in [5.74, 6) is 2.77. The smallest absolute Gasteiger partial charge is 0.350 e. The minimum absolute atomic E-state index is 0.139. The Morgan fingerprint density at radius 2 is 1.74 bits per heavy atom. The summed E-state index contributed by atoms with van der Waals surface area (Å²) in [6.45, 7) is 6.95. The monoisotopic (exact) mass is 475 g/mol. The van der Waals surface area contributed by atoms with E-state index in [2.05, 4.69) is 16.8 Å². The van der Waals surface area contributed by atoms with Crippen LogP contribution >= 0.6 is 0 Å². The quantitative estimate of drug-likeness (QED) is 0.428. The second kappa shape index (κ2) is 9.11. The van der Waals surface area contributed by atoms with E-state index in [1.807, 2.05) is 0 Å². The molecule has 0 spiro atoms. The van der Waals surface area contributed by atoms with Gasteiger partial charge in [0.2, 0.25) is 0 Å². The molecule has 1 aromatic heterocycles. The van der Waals surface area contributed by atoms with Crippen LogP contribution in [0.25, 0.3) is 10.9 Å². The van der Waals surface area contributed by atoms with Crippen LogP contribution in [0.2, 0.25) is 0 Å². The minimum Gasteiger partial charge on any atom is -0.378 e. The first-order valence-electron chi connectivity index (χ1n) is 10.5. The topological polar surface area (TPSA) is 58.4 Å². The molecule has 9 heteroatoms. The van der Waals surface area contributed by atoms with Gasteiger partial charge in [-0.1, -0.05) is 24.0 Å². The molecule has 0 amide bonds. The van der Waals surface area contributed by atoms with Crippen LogP contribution in [-0.4, -0.2) is 33.2 Å². The summed E-state index contributed by atoms with van der Waals surface area (Å²) >= 11 is 0. The molecule has 0 aliphatic rings. The molecule has 1 N–H and O–H groups in total. The molecule has 0 aliphatic carbocycles. The molecule has 3 rings (SSSR count). The first-order chi connectivity index (χ1) is 15.7. The van der Waals surface area contributed by atoms with E-state index in [-0.39, 0.29) is 22.2 Å². The average molecular weight is 475 g/mol. The van der Waals surface area contributed by atoms with E-state index in [1.165, 1.54) is 48.7 Å². The molecule has 34 heavy (non-hydrogen) atoms. The van der Waals surface area contributed by atoms with Gasteiger partial charge in [0.15, 0.2) is 11.6 Å². The average Bonchev–Trinajstić information content (AvgIpc) is 2.69. The zero-order chi connectivity index (χ0) is 25.4. The molecule has 180 valence electrons. The molecule has 5 nitrogen and oxygen atoms in total. The van der Waals surface area contributed by atoms with Crippen LogP contribution in [0.5, 0.6) is 0 Å². The summed E-state index contributed by atoms with van der Waals surface area (Å²) in [6.07, 6.45) is -2.96. The number of alkyl halides is 2. The Morgan fingerprint density at radius 1 is 1.09 bits per heavy atom. The lowest BCUT2D eigenvalue weighted by Gasteiger charge is -2.29. The maximum absolute atomic E-state index is 15.4. The fourth-order valence-electron chi connectivity index (χ4n) is 3.55. The Bertz CT molecular complexity index is 1340. The van der Waals surface area contributed by atoms with Crippen molar-refractivity contribution in [3.63, 3.8) is 0 Å². The van der Waals surface area contributed by atoms with Gasteiger partial charge in [0.25, 0.3) is 6.43 Å². The van der Waals surface area contributed by atoms with Gasteiger partial charge in [0, 0.05) is 5.54 Å². The molecule has 0 saturated heterocycles. The number of nitrogens with zero attached hydrogens (tertiary/aromatic N) is 3. The molecule has 0 atom stereocenters. The molecule has 0 fully saturated rings. The highest BCUT2D eigenvalue weighted by Crippen LogP contribution is 2.35. The number of halogens is 4. The minimum atomic E-state index is -2.96. The molecule has 3 aromatic rings. The van der Waals surface area contributed by atoms with Crippen molar-refractivity contribution in [3.05, 3.63) is 64.1 Å². The summed E-state index contributed by atoms with van der Waals surface area (Å²) in [4.78, 5) is 17.7. The lowest BCUT2D eigenvalue weighted by molar-refractivity contribution is 0.143. The highest BCUT2D eigenvalue weighted by molar-refractivity contribution is 5.92. The number of hydrogen-bond acceptors (Lipinski definition) is 4. The van der Waals surface area contributed by atoms with Crippen molar-refractivity contribution in [2.24, 2.45) is 0 Å². The lowest BCUT2D eigenvalue weighted by atomic mass is 10.1. The van der Waals surface area contributed by atoms with E-state index >= 15 is 8.78 Å². The van der Waals surface area contributed by atoms with Gasteiger partial charge in [-0.2, -0.15) is 4.98 Å². The van der Waals surface area contributed by atoms with Crippen LogP contribution in [0, 0.1) is 23.5 Å². The van der Waals surface area contributed by atoms with Gasteiger partial charge in [-0.15, -0.1) is 0 Å². The first kappa shape index (κ1) is 25.2. The maximum Gasteiger partial charge on any atom is 0.350 e. The van der Waals surface area contributed by atoms with Crippen molar-refractivity contribution >= 4 is 22.4 Å². The molecule has 0 radical (unpaired) electrons. The van der Waals surface area contributed by atoms with Crippen molar-refractivity contribution in [3.8, 4) is 11.8 Å². The third kappa shape index (κ3) is 5.23. The van der Waals surface area contributed by atoms with Crippen LogP contribution < -0.4 is 10.6 Å². The summed E-state index contributed by atoms with van der Waals surface area (Å²) in [6, 6.07) is 7.93. The molecule has 0 unspecified atom stereocenters. The van der Waals surface area contributed by atoms with Crippen LogP contribution in [-0.2, 0) is 5.54 Å². The molecule has 1 heterocycles. The third-order valence-corrected chi connectivity index (χ3v) is 4.87. The van der Waals surface area contributed by atoms with Gasteiger partial charge in [0.05, 0.1) is 28.7 Å². The number of rotatable bonds is 4. The highest BCUT2D eigenvalue weighted by atomic mass is 19.3. The Morgan fingerprint density at radius 3 is 2.32 bits per heavy atom. The fraction of sp³-hybridized carbons (Fsp3) is 0.360. The zero-order valence-corrected chi connectivity index (χ0v) is 19.5. The number of anilines is 2. The highest BCUT2D eigenvalue weighted by Gasteiger charge is 2.28. The predicted molar refractivity (Wildman–Crippen MR) is 124 cm³/mol. The number of benzene rings is 2. The van der Waals surface area contributed by atoms with Crippen LogP contribution in [0.1, 0.15) is 40.2 Å². The van der Waals surface area contributed by atoms with Crippen LogP contribution in [0.3, 0.4) is 0 Å². The van der Waals surface area contributed by atoms with E-state index in [9.17, 15) is 18.7 Å². The van der Waals surface area contributed by atoms with Gasteiger partial charge in [-0.3, -0.25) is 4.57 Å². The Labute approximate surface area is 194 Å². The van der Waals surface area contributed by atoms with E-state index in [0.717, 1.165) is 11.0 Å². The van der Waals surface area contributed by atoms with Crippen molar-refractivity contribution in [2.75, 3.05) is 11.4 Å². The van der Waals surface area contributed by atoms with Gasteiger partial charge in [-0.05, 0) is 58.9 Å². The van der Waals surface area contributed by atoms with E-state index in [4.69, 9.17) is 0 Å². The van der Waals surface area contributed by atoms with Gasteiger partial charge >= 0.3 is 5.69 Å².